The van der Waals surface area contributed by atoms with E-state index in [1.807, 2.05) is 18.7 Å². The predicted octanol–water partition coefficient (Wildman–Crippen LogP) is 0.0940. The van der Waals surface area contributed by atoms with Crippen molar-refractivity contribution in [1.82, 2.24) is 4.90 Å². The van der Waals surface area contributed by atoms with Crippen LogP contribution in [0.2, 0.25) is 0 Å². The van der Waals surface area contributed by atoms with Gasteiger partial charge in [0.1, 0.15) is 12.0 Å². The van der Waals surface area contributed by atoms with Crippen molar-refractivity contribution >= 4 is 0 Å². The molecule has 13 heavy (non-hydrogen) atoms. The summed E-state index contributed by atoms with van der Waals surface area (Å²) in [6.07, 6.45) is 0.0811. The van der Waals surface area contributed by atoms with Crippen LogP contribution < -0.4 is 5.73 Å². The van der Waals surface area contributed by atoms with Gasteiger partial charge in [0.15, 0.2) is 0 Å². The van der Waals surface area contributed by atoms with Crippen molar-refractivity contribution in [1.29, 1.82) is 0 Å². The van der Waals surface area contributed by atoms with Crippen LogP contribution in [0.5, 0.6) is 0 Å². The maximum absolute atomic E-state index is 9.98. The molecule has 0 fully saturated rings. The number of hydrogen-bond acceptors (Lipinski definition) is 4. The standard InChI is InChI=1S/C9H22N2O2/c1-4-11(5-2)9(3,13)7-6-8(10)12/h8,12-13H,4-7,10H2,1-3H3. The molecule has 4 heteroatoms. The Morgan fingerprint density at radius 3 is 2.15 bits per heavy atom. The van der Waals surface area contributed by atoms with E-state index in [1.165, 1.54) is 0 Å². The van der Waals surface area contributed by atoms with Gasteiger partial charge in [-0.3, -0.25) is 4.90 Å². The number of hydrogen-bond donors (Lipinski definition) is 3. The van der Waals surface area contributed by atoms with E-state index >= 15 is 0 Å². The summed E-state index contributed by atoms with van der Waals surface area (Å²) in [7, 11) is 0. The summed E-state index contributed by atoms with van der Waals surface area (Å²) in [6, 6.07) is 0. The Labute approximate surface area is 80.3 Å². The van der Waals surface area contributed by atoms with E-state index in [-0.39, 0.29) is 0 Å². The second-order valence-electron chi connectivity index (χ2n) is 3.50. The highest BCUT2D eigenvalue weighted by atomic mass is 16.3. The van der Waals surface area contributed by atoms with Crippen molar-refractivity contribution in [3.05, 3.63) is 0 Å². The molecule has 0 saturated heterocycles. The Morgan fingerprint density at radius 1 is 1.38 bits per heavy atom. The first-order chi connectivity index (χ1) is 5.94. The van der Waals surface area contributed by atoms with Crippen LogP contribution in [0.25, 0.3) is 0 Å². The summed E-state index contributed by atoms with van der Waals surface area (Å²) in [5.41, 5.74) is 4.35. The highest BCUT2D eigenvalue weighted by Crippen LogP contribution is 2.17. The number of aliphatic hydroxyl groups excluding tert-OH is 1. The quantitative estimate of drug-likeness (QED) is 0.519. The summed E-state index contributed by atoms with van der Waals surface area (Å²) in [6.45, 7) is 7.34. The van der Waals surface area contributed by atoms with Crippen LogP contribution in [-0.2, 0) is 0 Å². The van der Waals surface area contributed by atoms with Gasteiger partial charge >= 0.3 is 0 Å². The van der Waals surface area contributed by atoms with Crippen LogP contribution in [0, 0.1) is 0 Å². The Balaban J connectivity index is 4.03. The number of aliphatic hydroxyl groups is 2. The Kier molecular flexibility index (Phi) is 5.48. The van der Waals surface area contributed by atoms with Gasteiger partial charge in [0.05, 0.1) is 0 Å². The molecule has 0 amide bonds. The summed E-state index contributed by atoms with van der Waals surface area (Å²) < 4.78 is 0. The van der Waals surface area contributed by atoms with Crippen molar-refractivity contribution in [3.63, 3.8) is 0 Å². The van der Waals surface area contributed by atoms with E-state index in [4.69, 9.17) is 10.8 Å². The molecule has 0 spiro atoms. The van der Waals surface area contributed by atoms with Gasteiger partial charge in [-0.2, -0.15) is 0 Å². The van der Waals surface area contributed by atoms with E-state index in [9.17, 15) is 5.11 Å². The summed E-state index contributed by atoms with van der Waals surface area (Å²) in [5.74, 6) is 0. The normalized spacial score (nSPS) is 18.7. The van der Waals surface area contributed by atoms with Crippen molar-refractivity contribution < 1.29 is 10.2 Å². The zero-order valence-electron chi connectivity index (χ0n) is 8.82. The molecule has 0 radical (unpaired) electrons. The lowest BCUT2D eigenvalue weighted by Gasteiger charge is -2.35. The van der Waals surface area contributed by atoms with Gasteiger partial charge in [-0.05, 0) is 32.9 Å². The average Bonchev–Trinajstić information content (AvgIpc) is 2.03. The van der Waals surface area contributed by atoms with Gasteiger partial charge in [-0.25, -0.2) is 0 Å². The predicted molar refractivity (Wildman–Crippen MR) is 53.0 cm³/mol. The zero-order chi connectivity index (χ0) is 10.5. The molecule has 0 aliphatic heterocycles. The minimum atomic E-state index is -0.857. The molecule has 0 heterocycles. The molecule has 0 aromatic heterocycles. The van der Waals surface area contributed by atoms with Crippen LogP contribution in [0.15, 0.2) is 0 Å². The van der Waals surface area contributed by atoms with Gasteiger partial charge in [0.2, 0.25) is 0 Å². The lowest BCUT2D eigenvalue weighted by atomic mass is 10.1. The third-order valence-corrected chi connectivity index (χ3v) is 2.36. The monoisotopic (exact) mass is 190 g/mol. The van der Waals surface area contributed by atoms with Crippen molar-refractivity contribution in [2.75, 3.05) is 13.1 Å². The van der Waals surface area contributed by atoms with E-state index < -0.39 is 12.0 Å². The molecule has 2 atom stereocenters. The fourth-order valence-electron chi connectivity index (χ4n) is 1.48. The molecular formula is C9H22N2O2. The lowest BCUT2D eigenvalue weighted by Crippen LogP contribution is -2.46. The van der Waals surface area contributed by atoms with Crippen molar-refractivity contribution in [2.45, 2.75) is 45.6 Å². The summed E-state index contributed by atoms with van der Waals surface area (Å²) in [5, 5.41) is 18.9. The third kappa shape index (κ3) is 4.57. The zero-order valence-corrected chi connectivity index (χ0v) is 8.82. The van der Waals surface area contributed by atoms with Crippen LogP contribution >= 0.6 is 0 Å². The lowest BCUT2D eigenvalue weighted by molar-refractivity contribution is -0.100. The third-order valence-electron chi connectivity index (χ3n) is 2.36. The molecule has 0 bridgehead atoms. The first-order valence-electron chi connectivity index (χ1n) is 4.85. The smallest absolute Gasteiger partial charge is 0.115 e. The van der Waals surface area contributed by atoms with Gasteiger partial charge in [-0.1, -0.05) is 13.8 Å². The molecule has 4 N–H and O–H groups in total. The fraction of sp³-hybridized carbons (Fsp3) is 1.00. The van der Waals surface area contributed by atoms with Gasteiger partial charge in [-0.15, -0.1) is 0 Å². The summed E-state index contributed by atoms with van der Waals surface area (Å²) >= 11 is 0. The second-order valence-corrected chi connectivity index (χ2v) is 3.50. The molecule has 0 rings (SSSR count). The second kappa shape index (κ2) is 5.54. The fourth-order valence-corrected chi connectivity index (χ4v) is 1.48. The Bertz CT molecular complexity index is 134. The van der Waals surface area contributed by atoms with E-state index in [1.54, 1.807) is 6.92 Å². The minimum Gasteiger partial charge on any atom is -0.379 e. The van der Waals surface area contributed by atoms with E-state index in [2.05, 4.69) is 0 Å². The van der Waals surface area contributed by atoms with Gasteiger partial charge in [0.25, 0.3) is 0 Å². The average molecular weight is 190 g/mol. The van der Waals surface area contributed by atoms with E-state index in [0.717, 1.165) is 13.1 Å². The molecule has 0 aromatic carbocycles. The van der Waals surface area contributed by atoms with Gasteiger partial charge in [0, 0.05) is 0 Å². The number of nitrogens with zero attached hydrogens (tertiary/aromatic N) is 1. The molecule has 0 aliphatic carbocycles. The first-order valence-corrected chi connectivity index (χ1v) is 4.85. The number of nitrogens with two attached hydrogens (primary N) is 1. The Hall–Kier alpha value is -0.160. The highest BCUT2D eigenvalue weighted by Gasteiger charge is 2.26. The SMILES string of the molecule is CCN(CC)C(C)(O)CCC(N)O. The van der Waals surface area contributed by atoms with Crippen molar-refractivity contribution in [3.8, 4) is 0 Å². The highest BCUT2D eigenvalue weighted by molar-refractivity contribution is 4.73. The van der Waals surface area contributed by atoms with Gasteiger partial charge < -0.3 is 15.9 Å². The van der Waals surface area contributed by atoms with Crippen LogP contribution in [0.3, 0.4) is 0 Å². The number of rotatable bonds is 6. The van der Waals surface area contributed by atoms with Crippen LogP contribution in [0.4, 0.5) is 0 Å². The van der Waals surface area contributed by atoms with Crippen LogP contribution in [0.1, 0.15) is 33.6 Å². The molecule has 2 unspecified atom stereocenters. The molecule has 0 aromatic rings. The topological polar surface area (TPSA) is 69.7 Å². The first kappa shape index (κ1) is 12.8. The minimum absolute atomic E-state index is 0.420. The van der Waals surface area contributed by atoms with Crippen LogP contribution in [-0.4, -0.2) is 40.2 Å². The summed E-state index contributed by atoms with van der Waals surface area (Å²) in [4.78, 5) is 1.94. The Morgan fingerprint density at radius 2 is 1.85 bits per heavy atom. The molecule has 80 valence electrons. The maximum atomic E-state index is 9.98. The molecule has 4 nitrogen and oxygen atoms in total. The molecule has 0 aliphatic rings. The molecule has 0 saturated carbocycles. The largest absolute Gasteiger partial charge is 0.379 e. The van der Waals surface area contributed by atoms with E-state index in [0.29, 0.717) is 12.8 Å². The van der Waals surface area contributed by atoms with Crippen molar-refractivity contribution in [2.24, 2.45) is 5.73 Å². The maximum Gasteiger partial charge on any atom is 0.115 e. The molecular weight excluding hydrogens is 168 g/mol.